The van der Waals surface area contributed by atoms with Gasteiger partial charge >= 0.3 is 0 Å². The molecule has 1 aromatic heterocycles. The van der Waals surface area contributed by atoms with Gasteiger partial charge in [0.15, 0.2) is 0 Å². The summed E-state index contributed by atoms with van der Waals surface area (Å²) in [6, 6.07) is 6.27. The van der Waals surface area contributed by atoms with Crippen LogP contribution in [0.2, 0.25) is 0 Å². The number of imidazole rings is 1. The van der Waals surface area contributed by atoms with Gasteiger partial charge in [0.05, 0.1) is 16.4 Å². The van der Waals surface area contributed by atoms with Crippen LogP contribution in [0, 0.1) is 0 Å². The largest absolute Gasteiger partial charge is 0.325 e. The smallest absolute Gasteiger partial charge is 0.127 e. The molecule has 1 unspecified atom stereocenters. The lowest BCUT2D eigenvalue weighted by Crippen LogP contribution is -2.27. The zero-order valence-electron chi connectivity index (χ0n) is 12.4. The molecule has 1 fully saturated rings. The van der Waals surface area contributed by atoms with Gasteiger partial charge in [-0.05, 0) is 44.2 Å². The molecular weight excluding hydrogens is 368 g/mol. The Bertz CT molecular complexity index is 647. The standard InChI is InChI=1S/C16H20BrClN2S/c1-11(18)15-19-13-6-5-12(17)9-14(13)20(15)10-16(21-2)7-3-4-8-16/h5-6,9,11H,3-4,7-8,10H2,1-2H3. The fraction of sp³-hybridized carbons (Fsp3) is 0.562. The summed E-state index contributed by atoms with van der Waals surface area (Å²) in [6.45, 7) is 3.02. The zero-order valence-corrected chi connectivity index (χ0v) is 15.6. The number of halogens is 2. The predicted octanol–water partition coefficient (Wildman–Crippen LogP) is 5.77. The molecule has 0 radical (unpaired) electrons. The molecule has 0 amide bonds. The van der Waals surface area contributed by atoms with Crippen LogP contribution in [0.5, 0.6) is 0 Å². The molecule has 0 N–H and O–H groups in total. The van der Waals surface area contributed by atoms with Gasteiger partial charge in [-0.1, -0.05) is 28.8 Å². The number of hydrogen-bond acceptors (Lipinski definition) is 2. The second-order valence-electron chi connectivity index (χ2n) is 5.90. The molecule has 1 aromatic carbocycles. The van der Waals surface area contributed by atoms with E-state index in [1.54, 1.807) is 0 Å². The van der Waals surface area contributed by atoms with Crippen molar-refractivity contribution in [3.63, 3.8) is 0 Å². The van der Waals surface area contributed by atoms with Gasteiger partial charge in [-0.3, -0.25) is 0 Å². The fourth-order valence-corrected chi connectivity index (χ4v) is 4.79. The number of nitrogens with zero attached hydrogens (tertiary/aromatic N) is 2. The molecule has 21 heavy (non-hydrogen) atoms. The molecule has 3 rings (SSSR count). The Morgan fingerprint density at radius 2 is 2.14 bits per heavy atom. The summed E-state index contributed by atoms with van der Waals surface area (Å²) in [5.41, 5.74) is 2.22. The van der Waals surface area contributed by atoms with Crippen molar-refractivity contribution in [2.75, 3.05) is 6.26 Å². The first-order valence-corrected chi connectivity index (χ1v) is 9.85. The molecular formula is C16H20BrClN2S. The van der Waals surface area contributed by atoms with E-state index >= 15 is 0 Å². The highest BCUT2D eigenvalue weighted by molar-refractivity contribution is 9.10. The van der Waals surface area contributed by atoms with Crippen molar-refractivity contribution in [3.8, 4) is 0 Å². The van der Waals surface area contributed by atoms with Gasteiger partial charge in [0.2, 0.25) is 0 Å². The second-order valence-corrected chi connectivity index (χ2v) is 8.74. The van der Waals surface area contributed by atoms with E-state index in [-0.39, 0.29) is 5.38 Å². The first-order chi connectivity index (χ1) is 10.0. The molecule has 1 aliphatic rings. The summed E-state index contributed by atoms with van der Waals surface area (Å²) in [5.74, 6) is 0.991. The van der Waals surface area contributed by atoms with E-state index < -0.39 is 0 Å². The summed E-state index contributed by atoms with van der Waals surface area (Å²) in [7, 11) is 0. The van der Waals surface area contributed by atoms with Crippen LogP contribution in [0.4, 0.5) is 0 Å². The van der Waals surface area contributed by atoms with Crippen LogP contribution >= 0.6 is 39.3 Å². The Balaban J connectivity index is 2.10. The first kappa shape index (κ1) is 15.7. The van der Waals surface area contributed by atoms with E-state index in [4.69, 9.17) is 16.6 Å². The van der Waals surface area contributed by atoms with Crippen LogP contribution in [0.25, 0.3) is 11.0 Å². The normalized spacial score (nSPS) is 19.2. The van der Waals surface area contributed by atoms with E-state index in [1.807, 2.05) is 24.8 Å². The molecule has 1 atom stereocenters. The number of fused-ring (bicyclic) bond motifs is 1. The first-order valence-electron chi connectivity index (χ1n) is 7.39. The second kappa shape index (κ2) is 6.13. The number of benzene rings is 1. The van der Waals surface area contributed by atoms with Crippen molar-refractivity contribution in [1.82, 2.24) is 9.55 Å². The molecule has 1 aliphatic carbocycles. The van der Waals surface area contributed by atoms with Gasteiger partial charge in [0.25, 0.3) is 0 Å². The Morgan fingerprint density at radius 3 is 2.76 bits per heavy atom. The van der Waals surface area contributed by atoms with Gasteiger partial charge in [0.1, 0.15) is 5.82 Å². The van der Waals surface area contributed by atoms with Crippen molar-refractivity contribution in [2.45, 2.75) is 49.3 Å². The molecule has 0 bridgehead atoms. The summed E-state index contributed by atoms with van der Waals surface area (Å²) in [4.78, 5) is 4.76. The lowest BCUT2D eigenvalue weighted by Gasteiger charge is -2.28. The summed E-state index contributed by atoms with van der Waals surface area (Å²) in [5, 5.41) is -0.0727. The maximum atomic E-state index is 6.39. The number of aromatic nitrogens is 2. The molecule has 1 heterocycles. The van der Waals surface area contributed by atoms with Gasteiger partial charge < -0.3 is 4.57 Å². The number of rotatable bonds is 4. The third-order valence-corrected chi connectivity index (χ3v) is 6.58. The average molecular weight is 388 g/mol. The zero-order chi connectivity index (χ0) is 15.0. The van der Waals surface area contributed by atoms with Crippen LogP contribution in [0.1, 0.15) is 43.8 Å². The number of hydrogen-bond donors (Lipinski definition) is 0. The highest BCUT2D eigenvalue weighted by Gasteiger charge is 2.34. The predicted molar refractivity (Wildman–Crippen MR) is 96.4 cm³/mol. The third kappa shape index (κ3) is 2.99. The molecule has 0 saturated heterocycles. The molecule has 0 aliphatic heterocycles. The Labute approximate surface area is 143 Å². The van der Waals surface area contributed by atoms with Crippen LogP contribution in [0.3, 0.4) is 0 Å². The quantitative estimate of drug-likeness (QED) is 0.619. The van der Waals surface area contributed by atoms with Crippen molar-refractivity contribution in [2.24, 2.45) is 0 Å². The van der Waals surface area contributed by atoms with E-state index in [9.17, 15) is 0 Å². The molecule has 2 aromatic rings. The van der Waals surface area contributed by atoms with Crippen molar-refractivity contribution in [3.05, 3.63) is 28.5 Å². The topological polar surface area (TPSA) is 17.8 Å². The molecule has 114 valence electrons. The molecule has 5 heteroatoms. The Morgan fingerprint density at radius 1 is 1.43 bits per heavy atom. The SMILES string of the molecule is CSC1(Cn2c(C(C)Cl)nc3ccc(Br)cc32)CCCC1. The molecule has 0 spiro atoms. The van der Waals surface area contributed by atoms with Crippen molar-refractivity contribution < 1.29 is 0 Å². The van der Waals surface area contributed by atoms with Gasteiger partial charge in [0, 0.05) is 15.8 Å². The third-order valence-electron chi connectivity index (χ3n) is 4.49. The number of thioether (sulfide) groups is 1. The van der Waals surface area contributed by atoms with E-state index in [1.165, 1.54) is 31.2 Å². The summed E-state index contributed by atoms with van der Waals surface area (Å²) < 4.78 is 3.78. The highest BCUT2D eigenvalue weighted by atomic mass is 79.9. The minimum Gasteiger partial charge on any atom is -0.325 e. The lowest BCUT2D eigenvalue weighted by atomic mass is 10.1. The minimum absolute atomic E-state index is 0.0727. The highest BCUT2D eigenvalue weighted by Crippen LogP contribution is 2.43. The van der Waals surface area contributed by atoms with Crippen LogP contribution in [0.15, 0.2) is 22.7 Å². The van der Waals surface area contributed by atoms with Crippen LogP contribution < -0.4 is 0 Å². The van der Waals surface area contributed by atoms with Gasteiger partial charge in [-0.25, -0.2) is 4.98 Å². The Kier molecular flexibility index (Phi) is 4.58. The minimum atomic E-state index is -0.0727. The van der Waals surface area contributed by atoms with E-state index in [0.29, 0.717) is 4.75 Å². The Hall–Kier alpha value is -0.190. The van der Waals surface area contributed by atoms with Crippen LogP contribution in [-0.2, 0) is 6.54 Å². The molecule has 1 saturated carbocycles. The number of alkyl halides is 1. The van der Waals surface area contributed by atoms with E-state index in [2.05, 4.69) is 38.9 Å². The fourth-order valence-electron chi connectivity index (χ4n) is 3.32. The van der Waals surface area contributed by atoms with E-state index in [0.717, 1.165) is 22.4 Å². The maximum Gasteiger partial charge on any atom is 0.127 e. The van der Waals surface area contributed by atoms with Crippen LogP contribution in [-0.4, -0.2) is 20.6 Å². The summed E-state index contributed by atoms with van der Waals surface area (Å²) >= 11 is 12.0. The average Bonchev–Trinajstić information content (AvgIpc) is 3.05. The van der Waals surface area contributed by atoms with Crippen molar-refractivity contribution >= 4 is 50.3 Å². The maximum absolute atomic E-state index is 6.39. The molecule has 2 nitrogen and oxygen atoms in total. The van der Waals surface area contributed by atoms with Crippen molar-refractivity contribution in [1.29, 1.82) is 0 Å². The summed E-state index contributed by atoms with van der Waals surface area (Å²) in [6.07, 6.45) is 7.49. The van der Waals surface area contributed by atoms with Gasteiger partial charge in [-0.2, -0.15) is 11.8 Å². The lowest BCUT2D eigenvalue weighted by molar-refractivity contribution is 0.501. The van der Waals surface area contributed by atoms with Gasteiger partial charge in [-0.15, -0.1) is 11.6 Å². The monoisotopic (exact) mass is 386 g/mol.